The van der Waals surface area contributed by atoms with E-state index >= 15 is 0 Å². The van der Waals surface area contributed by atoms with Crippen LogP contribution in [0.1, 0.15) is 88.7 Å². The number of carbonyl (C=O) groups excluding carboxylic acids is 1. The molecule has 7 heteroatoms. The third-order valence-electron chi connectivity index (χ3n) is 8.39. The van der Waals surface area contributed by atoms with Crippen molar-refractivity contribution in [2.24, 2.45) is 5.92 Å². The molecular weight excluding hydrogens is 467 g/mol. The van der Waals surface area contributed by atoms with E-state index in [0.717, 1.165) is 44.5 Å². The average molecular weight is 513 g/mol. The number of ether oxygens (including phenoxy) is 1. The number of likely N-dealkylation sites (tertiary alicyclic amines) is 2. The zero-order valence-corrected chi connectivity index (χ0v) is 23.8. The first-order valence-electron chi connectivity index (χ1n) is 14.1. The van der Waals surface area contributed by atoms with E-state index in [0.29, 0.717) is 19.0 Å². The van der Waals surface area contributed by atoms with Gasteiger partial charge in [-0.25, -0.2) is 9.18 Å². The second kappa shape index (κ2) is 11.1. The van der Waals surface area contributed by atoms with Gasteiger partial charge in [-0.1, -0.05) is 19.1 Å². The van der Waals surface area contributed by atoms with Crippen LogP contribution in [0.25, 0.3) is 0 Å². The number of benzene rings is 1. The third kappa shape index (κ3) is 6.02. The smallest absolute Gasteiger partial charge is 0.410 e. The van der Waals surface area contributed by atoms with Gasteiger partial charge in [-0.15, -0.1) is 0 Å². The monoisotopic (exact) mass is 512 g/mol. The number of halogens is 1. The Kier molecular flexibility index (Phi) is 8.32. The second-order valence-corrected chi connectivity index (χ2v) is 11.9. The Morgan fingerprint density at radius 2 is 1.89 bits per heavy atom. The van der Waals surface area contributed by atoms with Gasteiger partial charge in [0.05, 0.1) is 5.69 Å². The van der Waals surface area contributed by atoms with Crippen LogP contribution in [-0.2, 0) is 17.7 Å². The molecule has 1 amide bonds. The average Bonchev–Trinajstić information content (AvgIpc) is 3.44. The zero-order chi connectivity index (χ0) is 26.9. The number of aryl methyl sites for hydroxylation is 2. The van der Waals surface area contributed by atoms with Gasteiger partial charge in [-0.2, -0.15) is 5.10 Å². The molecule has 6 nitrogen and oxygen atoms in total. The number of piperidine rings is 1. The molecule has 1 aromatic carbocycles. The summed E-state index contributed by atoms with van der Waals surface area (Å²) in [6, 6.07) is 7.17. The largest absolute Gasteiger partial charge is 0.444 e. The molecule has 0 bridgehead atoms. The van der Waals surface area contributed by atoms with Crippen LogP contribution in [-0.4, -0.2) is 63.5 Å². The van der Waals surface area contributed by atoms with E-state index in [1.54, 1.807) is 12.1 Å². The van der Waals surface area contributed by atoms with E-state index in [9.17, 15) is 9.18 Å². The Hall–Kier alpha value is -2.41. The molecular formula is C30H45FN4O2. The number of carbonyl (C=O) groups is 1. The van der Waals surface area contributed by atoms with E-state index in [2.05, 4.69) is 37.3 Å². The predicted molar refractivity (Wildman–Crippen MR) is 145 cm³/mol. The third-order valence-corrected chi connectivity index (χ3v) is 8.39. The Morgan fingerprint density at radius 1 is 1.19 bits per heavy atom. The Morgan fingerprint density at radius 3 is 2.49 bits per heavy atom. The predicted octanol–water partition coefficient (Wildman–Crippen LogP) is 6.13. The normalized spacial score (nSPS) is 22.4. The number of amides is 1. The van der Waals surface area contributed by atoms with Gasteiger partial charge in [-0.05, 0) is 103 Å². The van der Waals surface area contributed by atoms with E-state index in [1.165, 1.54) is 23.0 Å². The number of aromatic nitrogens is 2. The summed E-state index contributed by atoms with van der Waals surface area (Å²) in [5, 5.41) is 4.86. The number of nitrogens with zero attached hydrogens (tertiary/aromatic N) is 4. The van der Waals surface area contributed by atoms with Crippen LogP contribution in [0, 0.1) is 18.7 Å². The van der Waals surface area contributed by atoms with E-state index in [-0.39, 0.29) is 29.8 Å². The zero-order valence-electron chi connectivity index (χ0n) is 23.8. The molecule has 0 N–H and O–H groups in total. The van der Waals surface area contributed by atoms with Crippen LogP contribution in [0.2, 0.25) is 0 Å². The van der Waals surface area contributed by atoms with Gasteiger partial charge in [0.25, 0.3) is 0 Å². The van der Waals surface area contributed by atoms with Crippen LogP contribution in [0.5, 0.6) is 0 Å². The van der Waals surface area contributed by atoms with Crippen molar-refractivity contribution in [3.63, 3.8) is 0 Å². The van der Waals surface area contributed by atoms with Gasteiger partial charge in [0.15, 0.2) is 0 Å². The summed E-state index contributed by atoms with van der Waals surface area (Å²) in [5.74, 6) is 0.601. The van der Waals surface area contributed by atoms with Crippen molar-refractivity contribution in [3.8, 4) is 0 Å². The number of hydrogen-bond acceptors (Lipinski definition) is 4. The van der Waals surface area contributed by atoms with Gasteiger partial charge in [-0.3, -0.25) is 4.68 Å². The highest BCUT2D eigenvalue weighted by atomic mass is 19.1. The summed E-state index contributed by atoms with van der Waals surface area (Å²) in [6.45, 7) is 18.7. The highest BCUT2D eigenvalue weighted by Gasteiger charge is 2.43. The molecule has 1 aromatic heterocycles. The summed E-state index contributed by atoms with van der Waals surface area (Å²) >= 11 is 0. The van der Waals surface area contributed by atoms with Crippen LogP contribution in [0.3, 0.4) is 0 Å². The fourth-order valence-electron chi connectivity index (χ4n) is 6.47. The van der Waals surface area contributed by atoms with Gasteiger partial charge in [0, 0.05) is 43.2 Å². The molecule has 2 aromatic rings. The summed E-state index contributed by atoms with van der Waals surface area (Å²) < 4.78 is 22.0. The van der Waals surface area contributed by atoms with Crippen molar-refractivity contribution in [2.45, 2.75) is 97.8 Å². The maximum Gasteiger partial charge on any atom is 0.410 e. The highest BCUT2D eigenvalue weighted by Crippen LogP contribution is 2.40. The lowest BCUT2D eigenvalue weighted by Gasteiger charge is -2.40. The SMILES string of the molecule is CCc1nn(CC)c(C)c1C1CCN([C@H](C)[C@H]2CN(C(=O)OC(C)(C)C)C[C@@H]2c2cccc(F)c2)CC1. The van der Waals surface area contributed by atoms with Crippen molar-refractivity contribution in [1.29, 1.82) is 0 Å². The fourth-order valence-corrected chi connectivity index (χ4v) is 6.47. The molecule has 0 aliphatic carbocycles. The first-order chi connectivity index (χ1) is 17.5. The molecule has 0 unspecified atom stereocenters. The molecule has 0 spiro atoms. The highest BCUT2D eigenvalue weighted by molar-refractivity contribution is 5.68. The van der Waals surface area contributed by atoms with E-state index < -0.39 is 5.60 Å². The molecule has 204 valence electrons. The summed E-state index contributed by atoms with van der Waals surface area (Å²) in [6.07, 6.45) is 2.91. The lowest BCUT2D eigenvalue weighted by atomic mass is 9.82. The molecule has 4 rings (SSSR count). The Labute approximate surface area is 222 Å². The lowest BCUT2D eigenvalue weighted by Crippen LogP contribution is -2.45. The maximum absolute atomic E-state index is 14.2. The first-order valence-corrected chi connectivity index (χ1v) is 14.1. The minimum atomic E-state index is -0.544. The van der Waals surface area contributed by atoms with Crippen LogP contribution in [0.15, 0.2) is 24.3 Å². The fraction of sp³-hybridized carbons (Fsp3) is 0.667. The summed E-state index contributed by atoms with van der Waals surface area (Å²) in [5.41, 5.74) is 4.46. The minimum absolute atomic E-state index is 0.0765. The number of rotatable bonds is 6. The standard InChI is InChI=1S/C30H45FN4O2/c1-8-27-28(21(4)35(9-2)32-27)22-13-15-33(16-14-22)20(3)25-18-34(29(36)37-30(5,6)7)19-26(25)23-11-10-12-24(31)17-23/h10-12,17,20,22,25-26H,8-9,13-16,18-19H2,1-7H3/t20-,25-,26-/m1/s1. The molecule has 3 heterocycles. The van der Waals surface area contributed by atoms with Crippen molar-refractivity contribution >= 4 is 6.09 Å². The van der Waals surface area contributed by atoms with Gasteiger partial charge in [0.1, 0.15) is 11.4 Å². The Bertz CT molecular complexity index is 1080. The van der Waals surface area contributed by atoms with Crippen molar-refractivity contribution < 1.29 is 13.9 Å². The van der Waals surface area contributed by atoms with Crippen LogP contribution >= 0.6 is 0 Å². The molecule has 0 radical (unpaired) electrons. The first kappa shape index (κ1) is 27.6. The molecule has 3 atom stereocenters. The van der Waals surface area contributed by atoms with E-state index in [4.69, 9.17) is 9.84 Å². The Balaban J connectivity index is 1.50. The molecule has 37 heavy (non-hydrogen) atoms. The van der Waals surface area contributed by atoms with Crippen LogP contribution < -0.4 is 0 Å². The van der Waals surface area contributed by atoms with E-state index in [1.807, 2.05) is 31.7 Å². The van der Waals surface area contributed by atoms with Gasteiger partial charge < -0.3 is 14.5 Å². The van der Waals surface area contributed by atoms with Crippen LogP contribution in [0.4, 0.5) is 9.18 Å². The van der Waals surface area contributed by atoms with Crippen molar-refractivity contribution in [2.75, 3.05) is 26.2 Å². The summed E-state index contributed by atoms with van der Waals surface area (Å²) in [4.78, 5) is 17.4. The maximum atomic E-state index is 14.2. The molecule has 0 saturated carbocycles. The van der Waals surface area contributed by atoms with Crippen molar-refractivity contribution in [1.82, 2.24) is 19.6 Å². The minimum Gasteiger partial charge on any atom is -0.444 e. The molecule has 2 aliphatic rings. The topological polar surface area (TPSA) is 50.6 Å². The van der Waals surface area contributed by atoms with Gasteiger partial charge in [0.2, 0.25) is 0 Å². The van der Waals surface area contributed by atoms with Gasteiger partial charge >= 0.3 is 6.09 Å². The molecule has 2 aliphatic heterocycles. The quantitative estimate of drug-likeness (QED) is 0.467. The second-order valence-electron chi connectivity index (χ2n) is 11.9. The molecule has 2 fully saturated rings. The van der Waals surface area contributed by atoms with Crippen molar-refractivity contribution in [3.05, 3.63) is 52.6 Å². The number of hydrogen-bond donors (Lipinski definition) is 0. The lowest BCUT2D eigenvalue weighted by molar-refractivity contribution is 0.0275. The molecule has 2 saturated heterocycles. The summed E-state index contributed by atoms with van der Waals surface area (Å²) in [7, 11) is 0.